The molecular weight excluding hydrogens is 268 g/mol. The molecule has 0 aliphatic carbocycles. The number of ether oxygens (including phenoxy) is 1. The summed E-state index contributed by atoms with van der Waals surface area (Å²) in [6.45, 7) is 0. The topological polar surface area (TPSA) is 71.5 Å². The summed E-state index contributed by atoms with van der Waals surface area (Å²) >= 11 is 0. The maximum absolute atomic E-state index is 11.8. The third-order valence-electron chi connectivity index (χ3n) is 2.97. The van der Waals surface area contributed by atoms with E-state index < -0.39 is 0 Å². The van der Waals surface area contributed by atoms with Crippen LogP contribution in [-0.4, -0.2) is 30.2 Å². The van der Waals surface area contributed by atoms with E-state index in [4.69, 9.17) is 4.74 Å². The van der Waals surface area contributed by atoms with Gasteiger partial charge in [-0.2, -0.15) is 0 Å². The summed E-state index contributed by atoms with van der Waals surface area (Å²) in [6.07, 6.45) is 3.03. The molecule has 1 amide bonds. The molecule has 0 saturated heterocycles. The Morgan fingerprint density at radius 1 is 1.29 bits per heavy atom. The van der Waals surface area contributed by atoms with Gasteiger partial charge in [0.2, 0.25) is 0 Å². The van der Waals surface area contributed by atoms with Crippen molar-refractivity contribution in [1.82, 2.24) is 10.3 Å². The Morgan fingerprint density at radius 2 is 2.00 bits per heavy atom. The van der Waals surface area contributed by atoms with E-state index in [9.17, 15) is 9.90 Å². The number of rotatable bonds is 4. The molecule has 1 aromatic heterocycles. The lowest BCUT2D eigenvalue weighted by Gasteiger charge is -2.05. The molecule has 0 fully saturated rings. The van der Waals surface area contributed by atoms with Crippen LogP contribution in [0.2, 0.25) is 0 Å². The minimum atomic E-state index is -0.253. The van der Waals surface area contributed by atoms with Gasteiger partial charge in [0.1, 0.15) is 11.5 Å². The smallest absolute Gasteiger partial charge is 0.253 e. The van der Waals surface area contributed by atoms with Crippen molar-refractivity contribution in [2.45, 2.75) is 0 Å². The number of methoxy groups -OCH3 is 1. The second-order valence-electron chi connectivity index (χ2n) is 4.27. The Kier molecular flexibility index (Phi) is 4.56. The Bertz CT molecular complexity index is 663. The van der Waals surface area contributed by atoms with Crippen LogP contribution in [0.15, 0.2) is 42.6 Å². The van der Waals surface area contributed by atoms with E-state index in [0.29, 0.717) is 22.6 Å². The van der Waals surface area contributed by atoms with Crippen LogP contribution in [0.25, 0.3) is 11.8 Å². The highest BCUT2D eigenvalue weighted by Gasteiger charge is 2.10. The second-order valence-corrected chi connectivity index (χ2v) is 4.27. The van der Waals surface area contributed by atoms with Gasteiger partial charge >= 0.3 is 0 Å². The van der Waals surface area contributed by atoms with Crippen molar-refractivity contribution in [3.63, 3.8) is 0 Å². The third-order valence-corrected chi connectivity index (χ3v) is 2.97. The minimum absolute atomic E-state index is 0.0292. The van der Waals surface area contributed by atoms with Crippen molar-refractivity contribution in [2.24, 2.45) is 0 Å². The monoisotopic (exact) mass is 284 g/mol. The molecule has 1 heterocycles. The molecule has 0 aliphatic heterocycles. The molecular formula is C16H16N2O3. The van der Waals surface area contributed by atoms with Gasteiger partial charge in [-0.1, -0.05) is 0 Å². The van der Waals surface area contributed by atoms with Crippen molar-refractivity contribution >= 4 is 17.7 Å². The first-order valence-corrected chi connectivity index (χ1v) is 6.38. The normalized spacial score (nSPS) is 11.0. The standard InChI is InChI=1S/C16H16N2O3/c1-17-16(20)13-4-3-9-18-14(13)10-15(19)11-5-7-12(21-2)8-6-11/h3-10,19H,1-2H3,(H,17,20)/b15-10-. The van der Waals surface area contributed by atoms with Crippen molar-refractivity contribution < 1.29 is 14.6 Å². The van der Waals surface area contributed by atoms with E-state index >= 15 is 0 Å². The zero-order valence-electron chi connectivity index (χ0n) is 11.8. The Balaban J connectivity index is 2.36. The number of aliphatic hydroxyl groups excluding tert-OH is 1. The summed E-state index contributed by atoms with van der Waals surface area (Å²) in [5.74, 6) is 0.480. The summed E-state index contributed by atoms with van der Waals surface area (Å²) < 4.78 is 5.07. The fourth-order valence-corrected chi connectivity index (χ4v) is 1.83. The van der Waals surface area contributed by atoms with Crippen LogP contribution < -0.4 is 10.1 Å². The predicted molar refractivity (Wildman–Crippen MR) is 81.1 cm³/mol. The van der Waals surface area contributed by atoms with E-state index in [0.717, 1.165) is 0 Å². The average Bonchev–Trinajstić information content (AvgIpc) is 2.54. The first-order chi connectivity index (χ1) is 10.2. The molecule has 2 aromatic rings. The van der Waals surface area contributed by atoms with Crippen molar-refractivity contribution in [3.05, 3.63) is 59.4 Å². The number of hydrogen-bond donors (Lipinski definition) is 2. The number of hydrogen-bond acceptors (Lipinski definition) is 4. The molecule has 2 rings (SSSR count). The van der Waals surface area contributed by atoms with Crippen molar-refractivity contribution in [2.75, 3.05) is 14.2 Å². The molecule has 0 unspecified atom stereocenters. The molecule has 0 aliphatic rings. The van der Waals surface area contributed by atoms with E-state index in [1.54, 1.807) is 56.8 Å². The van der Waals surface area contributed by atoms with Gasteiger partial charge in [-0.05, 0) is 36.4 Å². The van der Waals surface area contributed by atoms with E-state index in [2.05, 4.69) is 10.3 Å². The third kappa shape index (κ3) is 3.39. The van der Waals surface area contributed by atoms with Crippen molar-refractivity contribution in [3.8, 4) is 5.75 Å². The number of carbonyl (C=O) groups excluding carboxylic acids is 1. The molecule has 0 saturated carbocycles. The number of amides is 1. The average molecular weight is 284 g/mol. The largest absolute Gasteiger partial charge is 0.507 e. The molecule has 0 radical (unpaired) electrons. The number of nitrogens with zero attached hydrogens (tertiary/aromatic N) is 1. The lowest BCUT2D eigenvalue weighted by Crippen LogP contribution is -2.19. The Morgan fingerprint density at radius 3 is 2.62 bits per heavy atom. The van der Waals surface area contributed by atoms with Gasteiger partial charge in [0.25, 0.3) is 5.91 Å². The molecule has 5 heteroatoms. The zero-order valence-corrected chi connectivity index (χ0v) is 11.8. The van der Waals surface area contributed by atoms with Gasteiger partial charge in [-0.15, -0.1) is 0 Å². The maximum atomic E-state index is 11.8. The predicted octanol–water partition coefficient (Wildman–Crippen LogP) is 2.51. The highest BCUT2D eigenvalue weighted by molar-refractivity contribution is 5.98. The highest BCUT2D eigenvalue weighted by Crippen LogP contribution is 2.19. The van der Waals surface area contributed by atoms with Gasteiger partial charge in [0.15, 0.2) is 0 Å². The lowest BCUT2D eigenvalue weighted by molar-refractivity contribution is 0.0962. The number of aliphatic hydroxyl groups is 1. The number of pyridine rings is 1. The van der Waals surface area contributed by atoms with Crippen LogP contribution in [0.5, 0.6) is 5.75 Å². The van der Waals surface area contributed by atoms with Gasteiger partial charge in [0.05, 0.1) is 18.4 Å². The van der Waals surface area contributed by atoms with Crippen LogP contribution in [-0.2, 0) is 0 Å². The fraction of sp³-hybridized carbons (Fsp3) is 0.125. The van der Waals surface area contributed by atoms with Crippen LogP contribution in [0.4, 0.5) is 0 Å². The first kappa shape index (κ1) is 14.6. The summed E-state index contributed by atoms with van der Waals surface area (Å²) in [5, 5.41) is 12.7. The number of carbonyl (C=O) groups is 1. The van der Waals surface area contributed by atoms with Crippen LogP contribution in [0.3, 0.4) is 0 Å². The summed E-state index contributed by atoms with van der Waals surface area (Å²) in [7, 11) is 3.13. The molecule has 108 valence electrons. The molecule has 0 bridgehead atoms. The fourth-order valence-electron chi connectivity index (χ4n) is 1.83. The SMILES string of the molecule is CNC(=O)c1cccnc1/C=C(\O)c1ccc(OC)cc1. The summed E-state index contributed by atoms with van der Waals surface area (Å²) in [5.41, 5.74) is 1.43. The van der Waals surface area contributed by atoms with E-state index in [-0.39, 0.29) is 11.7 Å². The van der Waals surface area contributed by atoms with Crippen LogP contribution >= 0.6 is 0 Å². The van der Waals surface area contributed by atoms with Crippen LogP contribution in [0, 0.1) is 0 Å². The zero-order chi connectivity index (χ0) is 15.2. The molecule has 5 nitrogen and oxygen atoms in total. The van der Waals surface area contributed by atoms with Gasteiger partial charge in [0, 0.05) is 24.9 Å². The quantitative estimate of drug-likeness (QED) is 0.846. The summed E-state index contributed by atoms with van der Waals surface area (Å²) in [6, 6.07) is 10.3. The molecule has 0 spiro atoms. The first-order valence-electron chi connectivity index (χ1n) is 6.38. The molecule has 0 atom stereocenters. The van der Waals surface area contributed by atoms with Gasteiger partial charge < -0.3 is 15.2 Å². The van der Waals surface area contributed by atoms with E-state index in [1.807, 2.05) is 0 Å². The van der Waals surface area contributed by atoms with Crippen LogP contribution in [0.1, 0.15) is 21.6 Å². The molecule has 2 N–H and O–H groups in total. The minimum Gasteiger partial charge on any atom is -0.507 e. The highest BCUT2D eigenvalue weighted by atomic mass is 16.5. The molecule has 1 aromatic carbocycles. The number of nitrogens with one attached hydrogen (secondary N) is 1. The number of aromatic nitrogens is 1. The van der Waals surface area contributed by atoms with Gasteiger partial charge in [-0.3, -0.25) is 9.78 Å². The summed E-state index contributed by atoms with van der Waals surface area (Å²) in [4.78, 5) is 15.9. The number of benzene rings is 1. The maximum Gasteiger partial charge on any atom is 0.253 e. The Hall–Kier alpha value is -2.82. The van der Waals surface area contributed by atoms with Crippen molar-refractivity contribution in [1.29, 1.82) is 0 Å². The van der Waals surface area contributed by atoms with Gasteiger partial charge in [-0.25, -0.2) is 0 Å². The Labute approximate surface area is 122 Å². The van der Waals surface area contributed by atoms with E-state index in [1.165, 1.54) is 6.08 Å². The second kappa shape index (κ2) is 6.56. The molecule has 21 heavy (non-hydrogen) atoms. The lowest BCUT2D eigenvalue weighted by atomic mass is 10.1.